The molecule has 0 bridgehead atoms. The van der Waals surface area contributed by atoms with E-state index in [4.69, 9.17) is 23.7 Å². The molecule has 0 aliphatic carbocycles. The van der Waals surface area contributed by atoms with Crippen molar-refractivity contribution in [2.24, 2.45) is 17.4 Å². The Bertz CT molecular complexity index is 519. The third kappa shape index (κ3) is 2.84. The van der Waals surface area contributed by atoms with Gasteiger partial charge in [-0.3, -0.25) is 4.79 Å². The van der Waals surface area contributed by atoms with E-state index in [2.05, 4.69) is 4.90 Å². The molecular weight excluding hydrogens is 278 g/mol. The van der Waals surface area contributed by atoms with Crippen LogP contribution in [0.4, 0.5) is 5.69 Å². The number of carbonyl (C=O) groups is 1. The van der Waals surface area contributed by atoms with Gasteiger partial charge in [0.1, 0.15) is 4.99 Å². The Kier molecular flexibility index (Phi) is 4.31. The lowest BCUT2D eigenvalue weighted by Crippen LogP contribution is -2.28. The van der Waals surface area contributed by atoms with Gasteiger partial charge in [0, 0.05) is 29.2 Å². The second-order valence-corrected chi connectivity index (χ2v) is 5.84. The molecule has 1 atom stereocenters. The van der Waals surface area contributed by atoms with Gasteiger partial charge in [-0.25, -0.2) is 0 Å². The van der Waals surface area contributed by atoms with Crippen molar-refractivity contribution >= 4 is 40.6 Å². The number of hydrogen-bond donors (Lipinski definition) is 2. The van der Waals surface area contributed by atoms with Gasteiger partial charge in [0.15, 0.2) is 0 Å². The van der Waals surface area contributed by atoms with E-state index in [0.717, 1.165) is 29.1 Å². The summed E-state index contributed by atoms with van der Waals surface area (Å²) in [4.78, 5) is 14.9. The summed E-state index contributed by atoms with van der Waals surface area (Å²) in [6, 6.07) is 5.99. The van der Waals surface area contributed by atoms with Crippen molar-refractivity contribution in [3.8, 4) is 0 Å². The molecule has 0 saturated carbocycles. The van der Waals surface area contributed by atoms with E-state index in [1.165, 1.54) is 0 Å². The van der Waals surface area contributed by atoms with Crippen molar-refractivity contribution in [1.82, 2.24) is 0 Å². The van der Waals surface area contributed by atoms with Gasteiger partial charge in [-0.15, -0.1) is 11.8 Å². The van der Waals surface area contributed by atoms with Crippen LogP contribution >= 0.6 is 24.0 Å². The predicted molar refractivity (Wildman–Crippen MR) is 83.6 cm³/mol. The average Bonchev–Trinajstić information content (AvgIpc) is 2.87. The van der Waals surface area contributed by atoms with Gasteiger partial charge >= 0.3 is 0 Å². The van der Waals surface area contributed by atoms with E-state index in [-0.39, 0.29) is 11.8 Å². The first-order chi connectivity index (χ1) is 9.04. The Morgan fingerprint density at radius 2 is 2.21 bits per heavy atom. The molecule has 0 aromatic heterocycles. The fourth-order valence-corrected chi connectivity index (χ4v) is 3.32. The fraction of sp³-hybridized carbons (Fsp3) is 0.385. The third-order valence-electron chi connectivity index (χ3n) is 3.40. The zero-order valence-corrected chi connectivity index (χ0v) is 12.4. The molecule has 1 amide bonds. The van der Waals surface area contributed by atoms with Gasteiger partial charge in [-0.1, -0.05) is 18.3 Å². The Labute approximate surface area is 122 Å². The number of hydrogen-bond acceptors (Lipinski definition) is 4. The zero-order valence-electron chi connectivity index (χ0n) is 10.8. The lowest BCUT2D eigenvalue weighted by Gasteiger charge is -2.23. The van der Waals surface area contributed by atoms with Crippen LogP contribution in [-0.2, 0) is 4.79 Å². The number of rotatable bonds is 4. The van der Waals surface area contributed by atoms with Crippen LogP contribution < -0.4 is 16.4 Å². The molecule has 6 heteroatoms. The zero-order chi connectivity index (χ0) is 14.0. The second kappa shape index (κ2) is 5.79. The minimum absolute atomic E-state index is 0.0860. The highest BCUT2D eigenvalue weighted by Crippen LogP contribution is 2.32. The number of primary amides is 1. The number of anilines is 1. The van der Waals surface area contributed by atoms with Crippen molar-refractivity contribution in [2.45, 2.75) is 11.3 Å². The molecule has 19 heavy (non-hydrogen) atoms. The van der Waals surface area contributed by atoms with Crippen LogP contribution in [0.3, 0.4) is 0 Å². The molecule has 1 fully saturated rings. The summed E-state index contributed by atoms with van der Waals surface area (Å²) < 4.78 is 0. The van der Waals surface area contributed by atoms with Gasteiger partial charge in [-0.2, -0.15) is 0 Å². The van der Waals surface area contributed by atoms with E-state index < -0.39 is 0 Å². The van der Waals surface area contributed by atoms with Crippen LogP contribution in [0.2, 0.25) is 0 Å². The van der Waals surface area contributed by atoms with Crippen LogP contribution in [0, 0.1) is 5.92 Å². The molecule has 1 aliphatic rings. The summed E-state index contributed by atoms with van der Waals surface area (Å²) in [5, 5.41) is 0. The van der Waals surface area contributed by atoms with Crippen LogP contribution in [0.25, 0.3) is 0 Å². The Morgan fingerprint density at radius 1 is 1.47 bits per heavy atom. The number of nitrogens with two attached hydrogens (primary N) is 2. The number of amides is 1. The number of benzene rings is 1. The van der Waals surface area contributed by atoms with E-state index in [0.29, 0.717) is 11.5 Å². The molecule has 4 N–H and O–H groups in total. The second-order valence-electron chi connectivity index (χ2n) is 4.55. The average molecular weight is 295 g/mol. The third-order valence-corrected chi connectivity index (χ3v) is 4.39. The topological polar surface area (TPSA) is 72.3 Å². The number of thiocarbonyl (C=S) groups is 1. The standard InChI is InChI=1S/C13H17N3OS2/c1-19-10-4-2-3-9(11(10)13(15)18)16-6-5-8(7-16)12(14)17/h2-4,8H,5-7H2,1H3,(H2,14,17)(H2,15,18). The maximum absolute atomic E-state index is 11.3. The molecule has 1 aliphatic heterocycles. The molecule has 4 nitrogen and oxygen atoms in total. The molecule has 1 saturated heterocycles. The molecule has 1 aromatic rings. The quantitative estimate of drug-likeness (QED) is 0.648. The molecule has 2 rings (SSSR count). The largest absolute Gasteiger partial charge is 0.389 e. The van der Waals surface area contributed by atoms with Crippen LogP contribution in [-0.4, -0.2) is 30.2 Å². The van der Waals surface area contributed by atoms with Crippen LogP contribution in [0.15, 0.2) is 23.1 Å². The lowest BCUT2D eigenvalue weighted by molar-refractivity contribution is -0.121. The molecule has 1 unspecified atom stereocenters. The SMILES string of the molecule is CSc1cccc(N2CCC(C(N)=O)C2)c1C(N)=S. The van der Waals surface area contributed by atoms with Crippen molar-refractivity contribution < 1.29 is 4.79 Å². The maximum atomic E-state index is 11.3. The minimum Gasteiger partial charge on any atom is -0.389 e. The monoisotopic (exact) mass is 295 g/mol. The summed E-state index contributed by atoms with van der Waals surface area (Å²) in [6.07, 6.45) is 2.78. The smallest absolute Gasteiger partial charge is 0.222 e. The van der Waals surface area contributed by atoms with Crippen molar-refractivity contribution in [1.29, 1.82) is 0 Å². The van der Waals surface area contributed by atoms with E-state index in [1.54, 1.807) is 11.8 Å². The number of carbonyl (C=O) groups excluding carboxylic acids is 1. The van der Waals surface area contributed by atoms with E-state index in [9.17, 15) is 4.79 Å². The number of thioether (sulfide) groups is 1. The highest BCUT2D eigenvalue weighted by molar-refractivity contribution is 7.98. The number of nitrogens with zero attached hydrogens (tertiary/aromatic N) is 1. The summed E-state index contributed by atoms with van der Waals surface area (Å²) in [5.74, 6) is -0.322. The molecule has 102 valence electrons. The Balaban J connectivity index is 2.35. The molecule has 1 heterocycles. The summed E-state index contributed by atoms with van der Waals surface area (Å²) >= 11 is 6.78. The van der Waals surface area contributed by atoms with Crippen molar-refractivity contribution in [3.05, 3.63) is 23.8 Å². The first-order valence-electron chi connectivity index (χ1n) is 6.05. The molecule has 0 radical (unpaired) electrons. The van der Waals surface area contributed by atoms with Crippen LogP contribution in [0.1, 0.15) is 12.0 Å². The molecule has 1 aromatic carbocycles. The predicted octanol–water partition coefficient (Wildman–Crippen LogP) is 1.35. The van der Waals surface area contributed by atoms with Crippen molar-refractivity contribution in [3.63, 3.8) is 0 Å². The first-order valence-corrected chi connectivity index (χ1v) is 7.69. The highest BCUT2D eigenvalue weighted by atomic mass is 32.2. The van der Waals surface area contributed by atoms with Crippen molar-refractivity contribution in [2.75, 3.05) is 24.2 Å². The summed E-state index contributed by atoms with van der Waals surface area (Å²) in [5.41, 5.74) is 13.1. The highest BCUT2D eigenvalue weighted by Gasteiger charge is 2.28. The first kappa shape index (κ1) is 14.1. The molecule has 0 spiro atoms. The maximum Gasteiger partial charge on any atom is 0.222 e. The van der Waals surface area contributed by atoms with Gasteiger partial charge in [0.05, 0.1) is 5.92 Å². The Hall–Kier alpha value is -1.27. The van der Waals surface area contributed by atoms with Gasteiger partial charge in [-0.05, 0) is 24.8 Å². The summed E-state index contributed by atoms with van der Waals surface area (Å²) in [6.45, 7) is 1.45. The molecular formula is C13H17N3OS2. The lowest BCUT2D eigenvalue weighted by atomic mass is 10.1. The fourth-order valence-electron chi connectivity index (χ4n) is 2.41. The van der Waals surface area contributed by atoms with Gasteiger partial charge in [0.25, 0.3) is 0 Å². The van der Waals surface area contributed by atoms with E-state index >= 15 is 0 Å². The minimum atomic E-state index is -0.236. The normalized spacial score (nSPS) is 18.6. The van der Waals surface area contributed by atoms with Gasteiger partial charge < -0.3 is 16.4 Å². The van der Waals surface area contributed by atoms with Gasteiger partial charge in [0.2, 0.25) is 5.91 Å². The van der Waals surface area contributed by atoms with E-state index in [1.807, 2.05) is 24.5 Å². The van der Waals surface area contributed by atoms with Crippen LogP contribution in [0.5, 0.6) is 0 Å². The Morgan fingerprint density at radius 3 is 2.74 bits per heavy atom. The summed E-state index contributed by atoms with van der Waals surface area (Å²) in [7, 11) is 0.